The molecule has 2 rings (SSSR count). The standard InChI is InChI=1S/C10H16O3/c1-2-5-9-6-3-4-7-10(9,13-9)8(11)12/h2-7H2,1H3,(H,11,12). The van der Waals surface area contributed by atoms with E-state index in [-0.39, 0.29) is 5.60 Å². The third kappa shape index (κ3) is 1.03. The Balaban J connectivity index is 2.17. The second-order valence-corrected chi connectivity index (χ2v) is 4.19. The summed E-state index contributed by atoms with van der Waals surface area (Å²) in [6.07, 6.45) is 5.68. The minimum atomic E-state index is -0.790. The quantitative estimate of drug-likeness (QED) is 0.682. The number of fused-ring (bicyclic) bond motifs is 1. The highest BCUT2D eigenvalue weighted by atomic mass is 16.7. The summed E-state index contributed by atoms with van der Waals surface area (Å²) >= 11 is 0. The van der Waals surface area contributed by atoms with E-state index in [1.807, 2.05) is 0 Å². The van der Waals surface area contributed by atoms with Gasteiger partial charge in [-0.1, -0.05) is 19.8 Å². The Kier molecular flexibility index (Phi) is 1.88. The molecule has 0 aromatic heterocycles. The number of ether oxygens (including phenoxy) is 1. The van der Waals surface area contributed by atoms with Crippen LogP contribution in [0.3, 0.4) is 0 Å². The Labute approximate surface area is 78.1 Å². The molecule has 0 amide bonds. The summed E-state index contributed by atoms with van der Waals surface area (Å²) in [5, 5.41) is 9.11. The van der Waals surface area contributed by atoms with Crippen LogP contribution in [-0.4, -0.2) is 22.3 Å². The number of aliphatic carboxylic acids is 1. The van der Waals surface area contributed by atoms with Gasteiger partial charge < -0.3 is 9.84 Å². The normalized spacial score (nSPS) is 42.5. The van der Waals surface area contributed by atoms with E-state index in [1.165, 1.54) is 0 Å². The first kappa shape index (κ1) is 9.00. The van der Waals surface area contributed by atoms with E-state index >= 15 is 0 Å². The summed E-state index contributed by atoms with van der Waals surface area (Å²) < 4.78 is 5.56. The first-order chi connectivity index (χ1) is 6.17. The van der Waals surface area contributed by atoms with Crippen molar-refractivity contribution in [1.29, 1.82) is 0 Å². The highest BCUT2D eigenvalue weighted by Crippen LogP contribution is 2.59. The number of carboxylic acid groups (broad SMARTS) is 1. The fraction of sp³-hybridized carbons (Fsp3) is 0.900. The molecule has 1 aliphatic carbocycles. The van der Waals surface area contributed by atoms with Crippen molar-refractivity contribution in [2.24, 2.45) is 0 Å². The van der Waals surface area contributed by atoms with Crippen LogP contribution < -0.4 is 0 Å². The second kappa shape index (κ2) is 2.71. The molecule has 74 valence electrons. The first-order valence-corrected chi connectivity index (χ1v) is 5.10. The van der Waals surface area contributed by atoms with E-state index in [9.17, 15) is 4.79 Å². The van der Waals surface area contributed by atoms with Crippen LogP contribution >= 0.6 is 0 Å². The van der Waals surface area contributed by atoms with Crippen molar-refractivity contribution >= 4 is 5.97 Å². The summed E-state index contributed by atoms with van der Waals surface area (Å²) in [5.41, 5.74) is -1.08. The fourth-order valence-electron chi connectivity index (χ4n) is 2.75. The van der Waals surface area contributed by atoms with Crippen molar-refractivity contribution in [1.82, 2.24) is 0 Å². The van der Waals surface area contributed by atoms with Gasteiger partial charge in [0, 0.05) is 0 Å². The lowest BCUT2D eigenvalue weighted by molar-refractivity contribution is -0.143. The van der Waals surface area contributed by atoms with E-state index in [4.69, 9.17) is 9.84 Å². The third-order valence-corrected chi connectivity index (χ3v) is 3.42. The molecule has 2 fully saturated rings. The van der Waals surface area contributed by atoms with Gasteiger partial charge in [0.25, 0.3) is 0 Å². The molecule has 1 saturated heterocycles. The molecule has 2 unspecified atom stereocenters. The lowest BCUT2D eigenvalue weighted by atomic mass is 9.77. The van der Waals surface area contributed by atoms with Crippen molar-refractivity contribution in [2.75, 3.05) is 0 Å². The molecule has 1 N–H and O–H groups in total. The number of hydrogen-bond acceptors (Lipinski definition) is 2. The van der Waals surface area contributed by atoms with Gasteiger partial charge in [-0.25, -0.2) is 4.79 Å². The minimum Gasteiger partial charge on any atom is -0.479 e. The Hall–Kier alpha value is -0.570. The van der Waals surface area contributed by atoms with Gasteiger partial charge >= 0.3 is 5.97 Å². The zero-order chi connectivity index (χ0) is 9.53. The first-order valence-electron chi connectivity index (χ1n) is 5.10. The molecule has 3 heteroatoms. The van der Waals surface area contributed by atoms with Crippen LogP contribution in [-0.2, 0) is 9.53 Å². The Morgan fingerprint density at radius 1 is 1.46 bits per heavy atom. The topological polar surface area (TPSA) is 49.8 Å². The largest absolute Gasteiger partial charge is 0.479 e. The maximum atomic E-state index is 11.1. The van der Waals surface area contributed by atoms with Crippen molar-refractivity contribution < 1.29 is 14.6 Å². The summed E-state index contributed by atoms with van der Waals surface area (Å²) in [7, 11) is 0. The van der Waals surface area contributed by atoms with Crippen molar-refractivity contribution in [3.63, 3.8) is 0 Å². The summed E-state index contributed by atoms with van der Waals surface area (Å²) in [5.74, 6) is -0.749. The van der Waals surface area contributed by atoms with Gasteiger partial charge in [-0.15, -0.1) is 0 Å². The number of carboxylic acids is 1. The van der Waals surface area contributed by atoms with Gasteiger partial charge in [0.05, 0.1) is 0 Å². The van der Waals surface area contributed by atoms with Gasteiger partial charge in [0.2, 0.25) is 0 Å². The fourth-order valence-corrected chi connectivity index (χ4v) is 2.75. The molecular weight excluding hydrogens is 168 g/mol. The van der Waals surface area contributed by atoms with E-state index in [2.05, 4.69) is 6.92 Å². The lowest BCUT2D eigenvalue weighted by Gasteiger charge is -2.21. The number of epoxide rings is 1. The number of hydrogen-bond donors (Lipinski definition) is 1. The highest BCUT2D eigenvalue weighted by Gasteiger charge is 2.74. The van der Waals surface area contributed by atoms with Gasteiger partial charge in [-0.05, 0) is 25.7 Å². The van der Waals surface area contributed by atoms with Crippen LogP contribution in [0.4, 0.5) is 0 Å². The van der Waals surface area contributed by atoms with Gasteiger partial charge in [-0.2, -0.15) is 0 Å². The van der Waals surface area contributed by atoms with Crippen LogP contribution in [0.1, 0.15) is 45.4 Å². The van der Waals surface area contributed by atoms with Crippen LogP contribution in [0.2, 0.25) is 0 Å². The Morgan fingerprint density at radius 2 is 2.15 bits per heavy atom. The molecule has 13 heavy (non-hydrogen) atoms. The van der Waals surface area contributed by atoms with E-state index in [0.29, 0.717) is 6.42 Å². The van der Waals surface area contributed by atoms with Crippen LogP contribution in [0.5, 0.6) is 0 Å². The van der Waals surface area contributed by atoms with E-state index < -0.39 is 11.6 Å². The molecule has 0 aromatic carbocycles. The lowest BCUT2D eigenvalue weighted by Crippen LogP contribution is -2.36. The SMILES string of the molecule is CCCC12CCCCC1(C(=O)O)O2. The zero-order valence-corrected chi connectivity index (χ0v) is 8.01. The number of carbonyl (C=O) groups is 1. The monoisotopic (exact) mass is 184 g/mol. The molecule has 0 aromatic rings. The van der Waals surface area contributed by atoms with E-state index in [0.717, 1.165) is 32.1 Å². The maximum absolute atomic E-state index is 11.1. The van der Waals surface area contributed by atoms with Crippen molar-refractivity contribution in [3.05, 3.63) is 0 Å². The van der Waals surface area contributed by atoms with Crippen LogP contribution in [0.25, 0.3) is 0 Å². The Morgan fingerprint density at radius 3 is 2.77 bits per heavy atom. The van der Waals surface area contributed by atoms with Crippen LogP contribution in [0.15, 0.2) is 0 Å². The highest BCUT2D eigenvalue weighted by molar-refractivity contribution is 5.83. The Bertz CT molecular complexity index is 234. The van der Waals surface area contributed by atoms with Crippen molar-refractivity contribution in [2.45, 2.75) is 56.7 Å². The van der Waals surface area contributed by atoms with Gasteiger partial charge in [0.1, 0.15) is 5.60 Å². The summed E-state index contributed by atoms with van der Waals surface area (Å²) in [4.78, 5) is 11.1. The van der Waals surface area contributed by atoms with Crippen LogP contribution in [0, 0.1) is 0 Å². The minimum absolute atomic E-state index is 0.286. The second-order valence-electron chi connectivity index (χ2n) is 4.19. The molecule has 0 radical (unpaired) electrons. The van der Waals surface area contributed by atoms with Gasteiger partial charge in [-0.3, -0.25) is 0 Å². The average Bonchev–Trinajstić information content (AvgIpc) is 2.75. The van der Waals surface area contributed by atoms with E-state index in [1.54, 1.807) is 0 Å². The molecule has 1 heterocycles. The van der Waals surface area contributed by atoms with Gasteiger partial charge in [0.15, 0.2) is 5.60 Å². The molecule has 1 aliphatic heterocycles. The predicted octanol–water partition coefficient (Wildman–Crippen LogP) is 1.95. The molecule has 0 bridgehead atoms. The number of rotatable bonds is 3. The third-order valence-electron chi connectivity index (χ3n) is 3.42. The molecule has 2 aliphatic rings. The summed E-state index contributed by atoms with van der Waals surface area (Å²) in [6, 6.07) is 0. The van der Waals surface area contributed by atoms with Crippen molar-refractivity contribution in [3.8, 4) is 0 Å². The predicted molar refractivity (Wildman–Crippen MR) is 47.6 cm³/mol. The molecule has 3 nitrogen and oxygen atoms in total. The molecule has 1 saturated carbocycles. The smallest absolute Gasteiger partial charge is 0.339 e. The zero-order valence-electron chi connectivity index (χ0n) is 8.01. The molecular formula is C10H16O3. The summed E-state index contributed by atoms with van der Waals surface area (Å²) in [6.45, 7) is 2.08. The molecule has 0 spiro atoms. The average molecular weight is 184 g/mol. The maximum Gasteiger partial charge on any atom is 0.339 e. The molecule has 2 atom stereocenters.